The van der Waals surface area contributed by atoms with Crippen LogP contribution in [-0.4, -0.2) is 52.9 Å². The first kappa shape index (κ1) is 26.4. The topological polar surface area (TPSA) is 125 Å². The molecular weight excluding hydrogens is 528 g/mol. The van der Waals surface area contributed by atoms with Gasteiger partial charge in [-0.1, -0.05) is 18.3 Å². The zero-order chi connectivity index (χ0) is 27.8. The van der Waals surface area contributed by atoms with E-state index in [1.165, 1.54) is 17.8 Å². The van der Waals surface area contributed by atoms with Crippen LogP contribution < -0.4 is 30.9 Å². The van der Waals surface area contributed by atoms with E-state index in [0.29, 0.717) is 22.1 Å². The molecule has 2 aromatic rings. The molecule has 1 aromatic carbocycles. The van der Waals surface area contributed by atoms with Crippen LogP contribution in [0.5, 0.6) is 11.5 Å². The number of carbonyl (C=O) groups is 3. The van der Waals surface area contributed by atoms with Crippen molar-refractivity contribution in [3.63, 3.8) is 0 Å². The summed E-state index contributed by atoms with van der Waals surface area (Å²) in [6, 6.07) is 8.71. The number of ether oxygens (including phenoxy) is 1. The minimum Gasteiger partial charge on any atom is -0.456 e. The number of anilines is 1. The first-order valence-electron chi connectivity index (χ1n) is 13.6. The molecule has 1 aliphatic carbocycles. The van der Waals surface area contributed by atoms with Crippen LogP contribution in [-0.2, 0) is 9.59 Å². The number of pyridine rings is 1. The highest BCUT2D eigenvalue weighted by Crippen LogP contribution is 2.48. The maximum Gasteiger partial charge on any atom is 0.326 e. The number of urea groups is 1. The number of nitrogens with one attached hydrogen (secondary N) is 4. The van der Waals surface area contributed by atoms with Gasteiger partial charge in [0.25, 0.3) is 5.91 Å². The average Bonchev–Trinajstić information content (AvgIpc) is 3.55. The second kappa shape index (κ2) is 11.0. The molecule has 2 saturated heterocycles. The molecule has 0 bridgehead atoms. The number of carbonyl (C=O) groups excluding carboxylic acids is 3. The van der Waals surface area contributed by atoms with Crippen molar-refractivity contribution in [3.8, 4) is 11.5 Å². The molecule has 3 aliphatic heterocycles. The van der Waals surface area contributed by atoms with Crippen LogP contribution in [0.2, 0.25) is 0 Å². The number of hydrogen-bond donors (Lipinski definition) is 4. The van der Waals surface area contributed by atoms with Gasteiger partial charge in [-0.05, 0) is 81.1 Å². The number of benzene rings is 1. The Bertz CT molecular complexity index is 1380. The Morgan fingerprint density at radius 2 is 2.00 bits per heavy atom. The fourth-order valence-corrected chi connectivity index (χ4v) is 7.59. The van der Waals surface area contributed by atoms with Crippen LogP contribution in [0.15, 0.2) is 66.0 Å². The number of rotatable bonds is 7. The van der Waals surface area contributed by atoms with E-state index in [1.807, 2.05) is 42.2 Å². The third-order valence-electron chi connectivity index (χ3n) is 7.99. The summed E-state index contributed by atoms with van der Waals surface area (Å²) in [6.07, 6.45) is 7.86. The molecule has 4 N–H and O–H groups in total. The molecule has 1 aromatic heterocycles. The Balaban J connectivity index is 1.22. The summed E-state index contributed by atoms with van der Waals surface area (Å²) in [5.74, 6) is 0.805. The normalized spacial score (nSPS) is 27.1. The van der Waals surface area contributed by atoms with E-state index >= 15 is 0 Å². The van der Waals surface area contributed by atoms with Crippen LogP contribution in [0.3, 0.4) is 0 Å². The third kappa shape index (κ3) is 4.95. The molecule has 208 valence electrons. The van der Waals surface area contributed by atoms with Crippen molar-refractivity contribution in [3.05, 3.63) is 71.5 Å². The van der Waals surface area contributed by atoms with E-state index in [9.17, 15) is 14.4 Å². The SMILES string of the molecule is C=CC(=O)N[C@H]1CCC[C@H]1NC(=O)C1=C2NC(=O)N(c3ccc(Oc4cccnc4)cc3C)C3CCNC(S1)C23. The number of thioether (sulfide) groups is 1. The van der Waals surface area contributed by atoms with Crippen LogP contribution >= 0.6 is 11.8 Å². The summed E-state index contributed by atoms with van der Waals surface area (Å²) in [5, 5.41) is 12.6. The number of aromatic nitrogens is 1. The molecule has 4 aliphatic rings. The second-order valence-corrected chi connectivity index (χ2v) is 11.6. The van der Waals surface area contributed by atoms with E-state index in [0.717, 1.165) is 43.5 Å². The highest BCUT2D eigenvalue weighted by atomic mass is 32.2. The standard InChI is InChI=1S/C29H32N6O4S/c1-3-23(36)32-19-7-4-8-20(19)33-27(37)26-25-24-22(11-13-31-28(24)40-26)35(29(38)34-25)21-10-9-17(14-16(21)2)39-18-6-5-12-30-15-18/h3,5-6,9-10,12,14-15,19-20,22,24,28,31H,1,4,7-8,11,13H2,2H3,(H,32,36)(H,33,37)(H,34,38)/t19-,20+,22?,24?,28?/m0/s1. The molecular formula is C29H32N6O4S. The average molecular weight is 561 g/mol. The van der Waals surface area contributed by atoms with Crippen LogP contribution in [0.4, 0.5) is 10.5 Å². The van der Waals surface area contributed by atoms with Gasteiger partial charge in [0.15, 0.2) is 0 Å². The minimum absolute atomic E-state index is 0.0223. The first-order chi connectivity index (χ1) is 19.4. The van der Waals surface area contributed by atoms with E-state index in [2.05, 4.69) is 32.8 Å². The Hall–Kier alpha value is -3.83. The van der Waals surface area contributed by atoms with Crippen molar-refractivity contribution in [2.24, 2.45) is 5.92 Å². The fourth-order valence-electron chi connectivity index (χ4n) is 6.19. The lowest BCUT2D eigenvalue weighted by molar-refractivity contribution is -0.119. The van der Waals surface area contributed by atoms with Crippen LogP contribution in [0.1, 0.15) is 31.2 Å². The van der Waals surface area contributed by atoms with Gasteiger partial charge in [0, 0.05) is 35.6 Å². The number of amides is 4. The van der Waals surface area contributed by atoms with Gasteiger partial charge in [-0.15, -0.1) is 0 Å². The number of piperidine rings is 1. The number of nitrogens with zero attached hydrogens (tertiary/aromatic N) is 2. The van der Waals surface area contributed by atoms with E-state index in [1.54, 1.807) is 12.4 Å². The molecule has 1 saturated carbocycles. The van der Waals surface area contributed by atoms with Crippen LogP contribution in [0.25, 0.3) is 0 Å². The molecule has 11 heteroatoms. The van der Waals surface area contributed by atoms with Crippen molar-refractivity contribution < 1.29 is 19.1 Å². The van der Waals surface area contributed by atoms with Crippen molar-refractivity contribution in [1.82, 2.24) is 26.3 Å². The first-order valence-corrected chi connectivity index (χ1v) is 14.5. The summed E-state index contributed by atoms with van der Waals surface area (Å²) in [5.41, 5.74) is 2.41. The van der Waals surface area contributed by atoms with Crippen molar-refractivity contribution in [2.75, 3.05) is 11.4 Å². The van der Waals surface area contributed by atoms with Crippen LogP contribution in [0, 0.1) is 12.8 Å². The van der Waals surface area contributed by atoms with Gasteiger partial charge < -0.3 is 26.0 Å². The van der Waals surface area contributed by atoms with Gasteiger partial charge in [-0.25, -0.2) is 4.79 Å². The van der Waals surface area contributed by atoms with Gasteiger partial charge in [-0.3, -0.25) is 19.5 Å². The van der Waals surface area contributed by atoms with Gasteiger partial charge in [-0.2, -0.15) is 0 Å². The highest BCUT2D eigenvalue weighted by molar-refractivity contribution is 8.04. The molecule has 5 atom stereocenters. The lowest BCUT2D eigenvalue weighted by Gasteiger charge is -2.46. The summed E-state index contributed by atoms with van der Waals surface area (Å²) in [4.78, 5) is 45.4. The van der Waals surface area contributed by atoms with Gasteiger partial charge in [0.1, 0.15) is 11.5 Å². The van der Waals surface area contributed by atoms with E-state index in [4.69, 9.17) is 4.74 Å². The number of hydrogen-bond acceptors (Lipinski definition) is 7. The summed E-state index contributed by atoms with van der Waals surface area (Å²) in [6.45, 7) is 6.23. The molecule has 4 amide bonds. The van der Waals surface area contributed by atoms with Gasteiger partial charge >= 0.3 is 6.03 Å². The molecule has 0 radical (unpaired) electrons. The molecule has 10 nitrogen and oxygen atoms in total. The largest absolute Gasteiger partial charge is 0.456 e. The fraction of sp³-hybridized carbons (Fsp3) is 0.379. The van der Waals surface area contributed by atoms with Gasteiger partial charge in [0.2, 0.25) is 5.91 Å². The maximum absolute atomic E-state index is 13.6. The molecule has 3 unspecified atom stereocenters. The second-order valence-electron chi connectivity index (χ2n) is 10.5. The molecule has 0 spiro atoms. The lowest BCUT2D eigenvalue weighted by atomic mass is 9.86. The highest BCUT2D eigenvalue weighted by Gasteiger charge is 2.52. The molecule has 4 heterocycles. The molecule has 6 rings (SSSR count). The Morgan fingerprint density at radius 1 is 1.18 bits per heavy atom. The third-order valence-corrected chi connectivity index (χ3v) is 9.35. The van der Waals surface area contributed by atoms with Crippen molar-refractivity contribution >= 4 is 35.3 Å². The Kier molecular flexibility index (Phi) is 7.24. The zero-order valence-corrected chi connectivity index (χ0v) is 23.0. The summed E-state index contributed by atoms with van der Waals surface area (Å²) < 4.78 is 5.93. The molecule has 40 heavy (non-hydrogen) atoms. The monoisotopic (exact) mass is 560 g/mol. The zero-order valence-electron chi connectivity index (χ0n) is 22.2. The quantitative estimate of drug-likeness (QED) is 0.383. The van der Waals surface area contributed by atoms with E-state index < -0.39 is 0 Å². The Labute approximate surface area is 237 Å². The summed E-state index contributed by atoms with van der Waals surface area (Å²) >= 11 is 1.47. The predicted octanol–water partition coefficient (Wildman–Crippen LogP) is 3.31. The van der Waals surface area contributed by atoms with Crippen molar-refractivity contribution in [2.45, 2.75) is 56.1 Å². The maximum atomic E-state index is 13.6. The summed E-state index contributed by atoms with van der Waals surface area (Å²) in [7, 11) is 0. The smallest absolute Gasteiger partial charge is 0.326 e. The minimum atomic E-state index is -0.245. The Morgan fingerprint density at radius 3 is 2.75 bits per heavy atom. The number of aryl methyl sites for hydroxylation is 1. The lowest BCUT2D eigenvalue weighted by Crippen LogP contribution is -2.62. The predicted molar refractivity (Wildman–Crippen MR) is 153 cm³/mol. The van der Waals surface area contributed by atoms with Crippen molar-refractivity contribution in [1.29, 1.82) is 0 Å². The van der Waals surface area contributed by atoms with Gasteiger partial charge in [0.05, 0.1) is 22.5 Å². The van der Waals surface area contributed by atoms with E-state index in [-0.39, 0.29) is 47.3 Å². The molecule has 3 fully saturated rings.